The summed E-state index contributed by atoms with van der Waals surface area (Å²) in [7, 11) is 0. The van der Waals surface area contributed by atoms with Crippen LogP contribution >= 0.6 is 0 Å². The maximum absolute atomic E-state index is 12.6. The number of hydrogen-bond donors (Lipinski definition) is 2. The minimum absolute atomic E-state index is 0.0559. The lowest BCUT2D eigenvalue weighted by Gasteiger charge is -2.16. The van der Waals surface area contributed by atoms with E-state index < -0.39 is 5.92 Å². The van der Waals surface area contributed by atoms with Crippen molar-refractivity contribution < 1.29 is 19.1 Å². The largest absolute Gasteiger partial charge is 0.376 e. The van der Waals surface area contributed by atoms with E-state index in [4.69, 9.17) is 4.74 Å². The van der Waals surface area contributed by atoms with Gasteiger partial charge in [-0.25, -0.2) is 0 Å². The van der Waals surface area contributed by atoms with Crippen molar-refractivity contribution in [2.75, 3.05) is 29.9 Å². The zero-order valence-corrected chi connectivity index (χ0v) is 16.7. The Morgan fingerprint density at radius 1 is 1.07 bits per heavy atom. The van der Waals surface area contributed by atoms with Crippen molar-refractivity contribution in [2.24, 2.45) is 5.92 Å². The van der Waals surface area contributed by atoms with Crippen LogP contribution in [0, 0.1) is 5.92 Å². The number of carbonyl (C=O) groups is 3. The third-order valence-electron chi connectivity index (χ3n) is 5.49. The molecule has 0 aromatic heterocycles. The number of ether oxygens (including phenoxy) is 1. The summed E-state index contributed by atoms with van der Waals surface area (Å²) in [5, 5.41) is 5.73. The molecule has 2 aromatic carbocycles. The van der Waals surface area contributed by atoms with Crippen molar-refractivity contribution in [1.82, 2.24) is 5.32 Å². The summed E-state index contributed by atoms with van der Waals surface area (Å²) in [4.78, 5) is 38.8. The fourth-order valence-corrected chi connectivity index (χ4v) is 3.80. The molecule has 0 unspecified atom stereocenters. The highest BCUT2D eigenvalue weighted by Gasteiger charge is 2.35. The second-order valence-electron chi connectivity index (χ2n) is 7.65. The first kappa shape index (κ1) is 20.1. The number of nitrogens with one attached hydrogen (secondary N) is 2. The molecule has 2 N–H and O–H groups in total. The van der Waals surface area contributed by atoms with Gasteiger partial charge in [0, 0.05) is 43.1 Å². The van der Waals surface area contributed by atoms with Crippen molar-refractivity contribution in [3.05, 3.63) is 60.2 Å². The lowest BCUT2D eigenvalue weighted by Crippen LogP contribution is -2.31. The topological polar surface area (TPSA) is 87.7 Å². The molecule has 3 amide bonds. The Morgan fingerprint density at radius 2 is 1.83 bits per heavy atom. The van der Waals surface area contributed by atoms with Crippen molar-refractivity contribution in [2.45, 2.75) is 25.4 Å². The van der Waals surface area contributed by atoms with E-state index in [-0.39, 0.29) is 30.2 Å². The molecule has 2 saturated heterocycles. The molecule has 7 nitrogen and oxygen atoms in total. The van der Waals surface area contributed by atoms with Gasteiger partial charge in [0.1, 0.15) is 0 Å². The van der Waals surface area contributed by atoms with Crippen molar-refractivity contribution in [3.63, 3.8) is 0 Å². The lowest BCUT2D eigenvalue weighted by atomic mass is 10.1. The van der Waals surface area contributed by atoms with Crippen LogP contribution in [-0.4, -0.2) is 43.5 Å². The first-order chi connectivity index (χ1) is 14.6. The third-order valence-corrected chi connectivity index (χ3v) is 5.49. The SMILES string of the molecule is O=C(NC[C@H]1CCCO1)c1ccc(NC(=O)[C@@H]2CC(=O)N(c3ccccc3)C2)cc1. The molecule has 7 heteroatoms. The summed E-state index contributed by atoms with van der Waals surface area (Å²) in [6.07, 6.45) is 2.28. The summed E-state index contributed by atoms with van der Waals surface area (Å²) >= 11 is 0. The van der Waals surface area contributed by atoms with Gasteiger partial charge in [0.25, 0.3) is 5.91 Å². The van der Waals surface area contributed by atoms with Crippen LogP contribution in [0.3, 0.4) is 0 Å². The van der Waals surface area contributed by atoms with Crippen LogP contribution in [0.25, 0.3) is 0 Å². The van der Waals surface area contributed by atoms with Gasteiger partial charge in [-0.3, -0.25) is 14.4 Å². The maximum atomic E-state index is 12.6. The molecule has 156 valence electrons. The Hall–Kier alpha value is -3.19. The third kappa shape index (κ3) is 4.68. The van der Waals surface area contributed by atoms with Crippen molar-refractivity contribution in [3.8, 4) is 0 Å². The molecule has 2 aromatic rings. The van der Waals surface area contributed by atoms with Crippen LogP contribution in [0.5, 0.6) is 0 Å². The minimum atomic E-state index is -0.410. The van der Waals surface area contributed by atoms with Crippen molar-refractivity contribution >= 4 is 29.1 Å². The fourth-order valence-electron chi connectivity index (χ4n) is 3.80. The van der Waals surface area contributed by atoms with Crippen LogP contribution in [0.2, 0.25) is 0 Å². The van der Waals surface area contributed by atoms with Gasteiger partial charge >= 0.3 is 0 Å². The van der Waals surface area contributed by atoms with Gasteiger partial charge in [-0.1, -0.05) is 18.2 Å². The number of benzene rings is 2. The summed E-state index contributed by atoms with van der Waals surface area (Å²) in [5.74, 6) is -0.827. The molecule has 2 heterocycles. The molecular formula is C23H25N3O4. The van der Waals surface area contributed by atoms with Gasteiger partial charge in [0.05, 0.1) is 12.0 Å². The Kier molecular flexibility index (Phi) is 6.09. The molecule has 0 bridgehead atoms. The lowest BCUT2D eigenvalue weighted by molar-refractivity contribution is -0.122. The van der Waals surface area contributed by atoms with E-state index in [1.807, 2.05) is 30.3 Å². The van der Waals surface area contributed by atoms with Gasteiger partial charge in [-0.05, 0) is 49.2 Å². The van der Waals surface area contributed by atoms with E-state index in [2.05, 4.69) is 10.6 Å². The molecular weight excluding hydrogens is 382 g/mol. The zero-order chi connectivity index (χ0) is 20.9. The first-order valence-electron chi connectivity index (χ1n) is 10.3. The Morgan fingerprint density at radius 3 is 2.53 bits per heavy atom. The summed E-state index contributed by atoms with van der Waals surface area (Å²) < 4.78 is 5.50. The van der Waals surface area contributed by atoms with E-state index in [9.17, 15) is 14.4 Å². The Bertz CT molecular complexity index is 908. The molecule has 4 rings (SSSR count). The molecule has 2 aliphatic rings. The second kappa shape index (κ2) is 9.09. The standard InChI is InChI=1S/C23H25N3O4/c27-21-13-17(15-26(21)19-5-2-1-3-6-19)23(29)25-18-10-8-16(9-11-18)22(28)24-14-20-7-4-12-30-20/h1-3,5-6,8-11,17,20H,4,7,12-15H2,(H,24,28)(H,25,29)/t17-,20-/m1/s1. The molecule has 2 aliphatic heterocycles. The number of hydrogen-bond acceptors (Lipinski definition) is 4. The molecule has 30 heavy (non-hydrogen) atoms. The van der Waals surface area contributed by atoms with Gasteiger partial charge in [0.15, 0.2) is 0 Å². The second-order valence-corrected chi connectivity index (χ2v) is 7.65. The van der Waals surface area contributed by atoms with Crippen LogP contribution in [0.4, 0.5) is 11.4 Å². The Labute approximate surface area is 175 Å². The van der Waals surface area contributed by atoms with Gasteiger partial charge in [-0.2, -0.15) is 0 Å². The van der Waals surface area contributed by atoms with E-state index in [0.29, 0.717) is 24.3 Å². The van der Waals surface area contributed by atoms with Gasteiger partial charge < -0.3 is 20.3 Å². The molecule has 2 fully saturated rings. The number of rotatable bonds is 6. The predicted molar refractivity (Wildman–Crippen MR) is 113 cm³/mol. The summed E-state index contributed by atoms with van der Waals surface area (Å²) in [6, 6.07) is 16.1. The molecule has 0 saturated carbocycles. The molecule has 0 spiro atoms. The highest BCUT2D eigenvalue weighted by atomic mass is 16.5. The number of amides is 3. The van der Waals surface area contributed by atoms with E-state index >= 15 is 0 Å². The van der Waals surface area contributed by atoms with Crippen LogP contribution in [0.15, 0.2) is 54.6 Å². The van der Waals surface area contributed by atoms with Crippen LogP contribution in [-0.2, 0) is 14.3 Å². The zero-order valence-electron chi connectivity index (χ0n) is 16.7. The summed E-state index contributed by atoms with van der Waals surface area (Å²) in [5.41, 5.74) is 1.93. The molecule has 0 aliphatic carbocycles. The fraction of sp³-hybridized carbons (Fsp3) is 0.348. The average Bonchev–Trinajstić information content (AvgIpc) is 3.43. The molecule has 2 atom stereocenters. The van der Waals surface area contributed by atoms with Gasteiger partial charge in [-0.15, -0.1) is 0 Å². The smallest absolute Gasteiger partial charge is 0.251 e. The Balaban J connectivity index is 1.30. The number of anilines is 2. The number of nitrogens with zero attached hydrogens (tertiary/aromatic N) is 1. The number of para-hydroxylation sites is 1. The monoisotopic (exact) mass is 407 g/mol. The maximum Gasteiger partial charge on any atom is 0.251 e. The number of carbonyl (C=O) groups excluding carboxylic acids is 3. The van der Waals surface area contributed by atoms with E-state index in [0.717, 1.165) is 25.1 Å². The highest BCUT2D eigenvalue weighted by molar-refractivity contribution is 6.03. The minimum Gasteiger partial charge on any atom is -0.376 e. The predicted octanol–water partition coefficient (Wildman–Crippen LogP) is 2.59. The average molecular weight is 407 g/mol. The van der Waals surface area contributed by atoms with Crippen LogP contribution in [0.1, 0.15) is 29.6 Å². The quantitative estimate of drug-likeness (QED) is 0.771. The highest BCUT2D eigenvalue weighted by Crippen LogP contribution is 2.26. The summed E-state index contributed by atoms with van der Waals surface area (Å²) in [6.45, 7) is 1.62. The van der Waals surface area contributed by atoms with Crippen molar-refractivity contribution in [1.29, 1.82) is 0 Å². The first-order valence-corrected chi connectivity index (χ1v) is 10.3. The van der Waals surface area contributed by atoms with Crippen LogP contribution < -0.4 is 15.5 Å². The van der Waals surface area contributed by atoms with E-state index in [1.165, 1.54) is 0 Å². The van der Waals surface area contributed by atoms with Gasteiger partial charge in [0.2, 0.25) is 11.8 Å². The normalized spacial score (nSPS) is 20.9. The van der Waals surface area contributed by atoms with E-state index in [1.54, 1.807) is 29.2 Å². The molecule has 0 radical (unpaired) electrons.